The van der Waals surface area contributed by atoms with Crippen molar-refractivity contribution in [1.82, 2.24) is 14.5 Å². The first kappa shape index (κ1) is 22.2. The number of hydrogen-bond donors (Lipinski definition) is 1. The van der Waals surface area contributed by atoms with E-state index in [0.29, 0.717) is 42.0 Å². The van der Waals surface area contributed by atoms with Gasteiger partial charge in [0.2, 0.25) is 10.0 Å². The maximum Gasteiger partial charge on any atom is 0.322 e. The fourth-order valence-corrected chi connectivity index (χ4v) is 5.80. The largest absolute Gasteiger partial charge is 0.466 e. The van der Waals surface area contributed by atoms with Gasteiger partial charge in [0.15, 0.2) is 0 Å². The number of sulfonamides is 1. The number of aromatic nitrogens is 2. The zero-order valence-electron chi connectivity index (χ0n) is 18.5. The van der Waals surface area contributed by atoms with E-state index < -0.39 is 15.9 Å². The van der Waals surface area contributed by atoms with E-state index in [1.54, 1.807) is 13.0 Å². The zero-order valence-corrected chi connectivity index (χ0v) is 19.3. The predicted octanol–water partition coefficient (Wildman–Crippen LogP) is 3.87. The van der Waals surface area contributed by atoms with Gasteiger partial charge in [0, 0.05) is 18.7 Å². The molecule has 1 aromatic carbocycles. The van der Waals surface area contributed by atoms with Crippen molar-refractivity contribution < 1.29 is 22.0 Å². The SMILES string of the molecule is Cc1cc(-c2nnc(NC(=O)c3ccc(S(=O)(=O)N4CC(C)CC(C)C4)cc3)o2)c(C)o1. The topological polar surface area (TPSA) is 119 Å². The average Bonchev–Trinajstić information content (AvgIpc) is 3.32. The van der Waals surface area contributed by atoms with Gasteiger partial charge in [-0.2, -0.15) is 4.31 Å². The third-order valence-electron chi connectivity index (χ3n) is 5.51. The van der Waals surface area contributed by atoms with Gasteiger partial charge in [0.1, 0.15) is 11.5 Å². The lowest BCUT2D eigenvalue weighted by atomic mass is 9.94. The van der Waals surface area contributed by atoms with Gasteiger partial charge in [0.05, 0.1) is 10.5 Å². The van der Waals surface area contributed by atoms with Crippen LogP contribution in [0.1, 0.15) is 42.1 Å². The van der Waals surface area contributed by atoms with E-state index in [1.165, 1.54) is 28.6 Å². The van der Waals surface area contributed by atoms with Crippen molar-refractivity contribution in [2.24, 2.45) is 11.8 Å². The van der Waals surface area contributed by atoms with Crippen molar-refractivity contribution in [3.63, 3.8) is 0 Å². The normalized spacial score (nSPS) is 19.8. The molecule has 0 saturated carbocycles. The summed E-state index contributed by atoms with van der Waals surface area (Å²) in [6, 6.07) is 7.56. The smallest absolute Gasteiger partial charge is 0.322 e. The molecule has 1 saturated heterocycles. The first-order valence-electron chi connectivity index (χ1n) is 10.5. The summed E-state index contributed by atoms with van der Waals surface area (Å²) in [5, 5.41) is 10.3. The fraction of sp³-hybridized carbons (Fsp3) is 0.409. The van der Waals surface area contributed by atoms with Gasteiger partial charge in [-0.1, -0.05) is 18.9 Å². The second-order valence-corrected chi connectivity index (χ2v) is 10.4. The maximum atomic E-state index is 13.0. The minimum absolute atomic E-state index is 0.0590. The maximum absolute atomic E-state index is 13.0. The molecule has 1 aliphatic rings. The van der Waals surface area contributed by atoms with Crippen LogP contribution in [-0.4, -0.2) is 41.9 Å². The van der Waals surface area contributed by atoms with Gasteiger partial charge in [-0.15, -0.1) is 5.10 Å². The van der Waals surface area contributed by atoms with Crippen LogP contribution < -0.4 is 5.32 Å². The summed E-state index contributed by atoms with van der Waals surface area (Å²) in [6.07, 6.45) is 1.02. The van der Waals surface area contributed by atoms with Crippen LogP contribution in [0.5, 0.6) is 0 Å². The van der Waals surface area contributed by atoms with E-state index in [9.17, 15) is 13.2 Å². The Morgan fingerprint density at radius 2 is 1.72 bits per heavy atom. The average molecular weight is 459 g/mol. The summed E-state index contributed by atoms with van der Waals surface area (Å²) in [5.74, 6) is 1.73. The Morgan fingerprint density at radius 3 is 2.31 bits per heavy atom. The second kappa shape index (κ2) is 8.51. The van der Waals surface area contributed by atoms with Crippen molar-refractivity contribution in [3.05, 3.63) is 47.4 Å². The molecule has 2 unspecified atom stereocenters. The number of anilines is 1. The molecule has 0 radical (unpaired) electrons. The van der Waals surface area contributed by atoms with Crippen LogP contribution in [0.3, 0.4) is 0 Å². The molecule has 9 nitrogen and oxygen atoms in total. The highest BCUT2D eigenvalue weighted by Crippen LogP contribution is 2.28. The Hall–Kier alpha value is -2.98. The molecule has 2 atom stereocenters. The molecule has 1 N–H and O–H groups in total. The molecule has 3 heterocycles. The Labute approximate surface area is 186 Å². The second-order valence-electron chi connectivity index (χ2n) is 8.49. The number of carbonyl (C=O) groups excluding carboxylic acids is 1. The summed E-state index contributed by atoms with van der Waals surface area (Å²) in [5.41, 5.74) is 0.936. The van der Waals surface area contributed by atoms with Crippen LogP contribution in [0, 0.1) is 25.7 Å². The van der Waals surface area contributed by atoms with E-state index in [-0.39, 0.29) is 22.4 Å². The molecule has 2 aromatic heterocycles. The van der Waals surface area contributed by atoms with Crippen molar-refractivity contribution in [3.8, 4) is 11.5 Å². The molecule has 32 heavy (non-hydrogen) atoms. The lowest BCUT2D eigenvalue weighted by Crippen LogP contribution is -2.42. The Bertz CT molecular complexity index is 1220. The molecule has 1 amide bonds. The van der Waals surface area contributed by atoms with Crippen molar-refractivity contribution in [1.29, 1.82) is 0 Å². The molecule has 3 aromatic rings. The number of nitrogens with zero attached hydrogens (tertiary/aromatic N) is 3. The van der Waals surface area contributed by atoms with E-state index in [1.807, 2.05) is 6.92 Å². The minimum Gasteiger partial charge on any atom is -0.466 e. The first-order chi connectivity index (χ1) is 15.1. The molecule has 10 heteroatoms. The number of benzene rings is 1. The monoisotopic (exact) mass is 458 g/mol. The number of hydrogen-bond acceptors (Lipinski definition) is 7. The van der Waals surface area contributed by atoms with Crippen LogP contribution in [-0.2, 0) is 10.0 Å². The lowest BCUT2D eigenvalue weighted by Gasteiger charge is -2.34. The van der Waals surface area contributed by atoms with E-state index in [4.69, 9.17) is 8.83 Å². The van der Waals surface area contributed by atoms with Crippen LogP contribution in [0.2, 0.25) is 0 Å². The molecule has 1 aliphatic heterocycles. The van der Waals surface area contributed by atoms with Crippen molar-refractivity contribution in [2.45, 2.75) is 39.0 Å². The quantitative estimate of drug-likeness (QED) is 0.616. The van der Waals surface area contributed by atoms with Crippen LogP contribution >= 0.6 is 0 Å². The Morgan fingerprint density at radius 1 is 1.06 bits per heavy atom. The number of rotatable bonds is 5. The van der Waals surface area contributed by atoms with Crippen LogP contribution in [0.15, 0.2) is 44.1 Å². The van der Waals surface area contributed by atoms with Gasteiger partial charge in [-0.25, -0.2) is 8.42 Å². The summed E-state index contributed by atoms with van der Waals surface area (Å²) in [7, 11) is -3.61. The van der Waals surface area contributed by atoms with Crippen molar-refractivity contribution in [2.75, 3.05) is 18.4 Å². The zero-order chi connectivity index (χ0) is 23.0. The highest BCUT2D eigenvalue weighted by Gasteiger charge is 2.31. The Kier molecular flexibility index (Phi) is 5.91. The van der Waals surface area contributed by atoms with Crippen molar-refractivity contribution >= 4 is 21.9 Å². The number of amides is 1. The van der Waals surface area contributed by atoms with E-state index in [2.05, 4.69) is 29.4 Å². The molecule has 170 valence electrons. The highest BCUT2D eigenvalue weighted by atomic mass is 32.2. The van der Waals surface area contributed by atoms with Gasteiger partial charge in [-0.3, -0.25) is 10.1 Å². The Balaban J connectivity index is 1.46. The van der Waals surface area contributed by atoms with Gasteiger partial charge in [-0.05, 0) is 62.4 Å². The molecular weight excluding hydrogens is 432 g/mol. The summed E-state index contributed by atoms with van der Waals surface area (Å²) < 4.78 is 38.5. The summed E-state index contributed by atoms with van der Waals surface area (Å²) in [4.78, 5) is 12.7. The van der Waals surface area contributed by atoms with Gasteiger partial charge < -0.3 is 8.83 Å². The number of piperidine rings is 1. The standard InChI is InChI=1S/C22H26N4O5S/c1-13-9-14(2)12-26(11-13)32(28,29)18-7-5-17(6-8-18)20(27)23-22-25-24-21(31-22)19-10-15(3)30-16(19)4/h5-8,10,13-14H,9,11-12H2,1-4H3,(H,23,25,27). The van der Waals surface area contributed by atoms with E-state index in [0.717, 1.165) is 6.42 Å². The first-order valence-corrected chi connectivity index (χ1v) is 11.9. The molecular formula is C22H26N4O5S. The lowest BCUT2D eigenvalue weighted by molar-refractivity contribution is 0.102. The van der Waals surface area contributed by atoms with Gasteiger partial charge in [0.25, 0.3) is 11.8 Å². The highest BCUT2D eigenvalue weighted by molar-refractivity contribution is 7.89. The third-order valence-corrected chi connectivity index (χ3v) is 7.35. The van der Waals surface area contributed by atoms with Crippen LogP contribution in [0.4, 0.5) is 6.01 Å². The third kappa shape index (κ3) is 4.46. The fourth-order valence-electron chi connectivity index (χ4n) is 4.12. The van der Waals surface area contributed by atoms with Gasteiger partial charge >= 0.3 is 6.01 Å². The number of carbonyl (C=O) groups is 1. The summed E-state index contributed by atoms with van der Waals surface area (Å²) in [6.45, 7) is 8.72. The number of furan rings is 1. The molecule has 0 bridgehead atoms. The number of nitrogens with one attached hydrogen (secondary N) is 1. The molecule has 0 aliphatic carbocycles. The number of aryl methyl sites for hydroxylation is 2. The molecule has 1 fully saturated rings. The molecule has 4 rings (SSSR count). The van der Waals surface area contributed by atoms with Crippen LogP contribution in [0.25, 0.3) is 11.5 Å². The molecule has 0 spiro atoms. The minimum atomic E-state index is -3.61. The predicted molar refractivity (Wildman–Crippen MR) is 118 cm³/mol. The summed E-state index contributed by atoms with van der Waals surface area (Å²) >= 11 is 0. The van der Waals surface area contributed by atoms with E-state index >= 15 is 0 Å².